The van der Waals surface area contributed by atoms with E-state index in [2.05, 4.69) is 4.98 Å². The molecular weight excluding hydrogens is 320 g/mol. The lowest BCUT2D eigenvalue weighted by atomic mass is 10.0. The van der Waals surface area contributed by atoms with Gasteiger partial charge in [-0.15, -0.1) is 0 Å². The molecule has 6 nitrogen and oxygen atoms in total. The zero-order valence-corrected chi connectivity index (χ0v) is 14.1. The number of hydrogen-bond donors (Lipinski definition) is 0. The van der Waals surface area contributed by atoms with E-state index in [9.17, 15) is 4.79 Å². The van der Waals surface area contributed by atoms with Gasteiger partial charge in [0.15, 0.2) is 11.5 Å². The monoisotopic (exact) mass is 340 g/mol. The Hall–Kier alpha value is -2.60. The summed E-state index contributed by atoms with van der Waals surface area (Å²) in [6.07, 6.45) is 4.50. The van der Waals surface area contributed by atoms with Crippen LogP contribution in [0.15, 0.2) is 42.7 Å². The summed E-state index contributed by atoms with van der Waals surface area (Å²) in [4.78, 5) is 18.4. The molecule has 25 heavy (non-hydrogen) atoms. The molecule has 0 atom stereocenters. The number of aromatic nitrogens is 1. The quantitative estimate of drug-likeness (QED) is 0.841. The van der Waals surface area contributed by atoms with E-state index < -0.39 is 5.79 Å². The number of para-hydroxylation sites is 1. The van der Waals surface area contributed by atoms with Crippen molar-refractivity contribution < 1.29 is 19.0 Å². The maximum atomic E-state index is 12.6. The van der Waals surface area contributed by atoms with Crippen LogP contribution in [0.3, 0.4) is 0 Å². The van der Waals surface area contributed by atoms with Gasteiger partial charge in [-0.05, 0) is 18.2 Å². The van der Waals surface area contributed by atoms with Gasteiger partial charge in [0.1, 0.15) is 0 Å². The molecule has 0 saturated carbocycles. The van der Waals surface area contributed by atoms with Gasteiger partial charge >= 0.3 is 0 Å². The van der Waals surface area contributed by atoms with Crippen LogP contribution in [0.2, 0.25) is 0 Å². The van der Waals surface area contributed by atoms with Crippen LogP contribution in [0.5, 0.6) is 11.5 Å². The van der Waals surface area contributed by atoms with Crippen LogP contribution < -0.4 is 9.47 Å². The minimum Gasteiger partial charge on any atom is -0.493 e. The number of carbonyl (C=O) groups is 1. The maximum absolute atomic E-state index is 12.6. The summed E-state index contributed by atoms with van der Waals surface area (Å²) in [6, 6.07) is 9.35. The van der Waals surface area contributed by atoms with Crippen molar-refractivity contribution in [2.24, 2.45) is 0 Å². The fraction of sp³-hybridized carbons (Fsp3) is 0.368. The van der Waals surface area contributed by atoms with Crippen LogP contribution in [0, 0.1) is 0 Å². The highest BCUT2D eigenvalue weighted by Crippen LogP contribution is 2.42. The van der Waals surface area contributed by atoms with Gasteiger partial charge in [-0.3, -0.25) is 9.78 Å². The molecule has 2 aromatic rings. The predicted octanol–water partition coefficient (Wildman–Crippen LogP) is 2.63. The van der Waals surface area contributed by atoms with E-state index >= 15 is 0 Å². The van der Waals surface area contributed by atoms with Crippen LogP contribution in [0.25, 0.3) is 0 Å². The van der Waals surface area contributed by atoms with Crippen molar-refractivity contribution >= 4 is 5.91 Å². The van der Waals surface area contributed by atoms with Crippen molar-refractivity contribution in [3.05, 3.63) is 53.9 Å². The first kappa shape index (κ1) is 15.9. The summed E-state index contributed by atoms with van der Waals surface area (Å²) < 4.78 is 17.7. The molecule has 0 radical (unpaired) electrons. The maximum Gasteiger partial charge on any atom is 0.255 e. The van der Waals surface area contributed by atoms with Crippen LogP contribution in [-0.4, -0.2) is 41.8 Å². The van der Waals surface area contributed by atoms with E-state index in [0.29, 0.717) is 43.9 Å². The normalized spacial score (nSPS) is 18.4. The number of methoxy groups -OCH3 is 1. The van der Waals surface area contributed by atoms with Crippen molar-refractivity contribution in [1.82, 2.24) is 9.88 Å². The first-order valence-corrected chi connectivity index (χ1v) is 8.39. The summed E-state index contributed by atoms with van der Waals surface area (Å²) in [6.45, 7) is 1.65. The lowest BCUT2D eigenvalue weighted by Crippen LogP contribution is -2.52. The van der Waals surface area contributed by atoms with E-state index in [1.54, 1.807) is 31.6 Å². The number of benzene rings is 1. The molecule has 2 aliphatic rings. The number of ether oxygens (including phenoxy) is 3. The average molecular weight is 340 g/mol. The number of amides is 1. The second kappa shape index (κ2) is 6.37. The van der Waals surface area contributed by atoms with E-state index in [1.807, 2.05) is 23.1 Å². The Morgan fingerprint density at radius 2 is 2.08 bits per heavy atom. The van der Waals surface area contributed by atoms with Gasteiger partial charge in [0.2, 0.25) is 5.79 Å². The van der Waals surface area contributed by atoms with Crippen molar-refractivity contribution in [3.8, 4) is 11.5 Å². The fourth-order valence-electron chi connectivity index (χ4n) is 3.35. The number of nitrogens with zero attached hydrogens (tertiary/aromatic N) is 2. The number of likely N-dealkylation sites (tertiary alicyclic amines) is 1. The number of rotatable bonds is 2. The second-order valence-corrected chi connectivity index (χ2v) is 6.28. The topological polar surface area (TPSA) is 60.9 Å². The summed E-state index contributed by atoms with van der Waals surface area (Å²) in [5.74, 6) is 0.780. The molecule has 3 heterocycles. The van der Waals surface area contributed by atoms with E-state index in [1.165, 1.54) is 0 Å². The fourth-order valence-corrected chi connectivity index (χ4v) is 3.35. The number of fused-ring (bicyclic) bond motifs is 1. The summed E-state index contributed by atoms with van der Waals surface area (Å²) >= 11 is 0. The van der Waals surface area contributed by atoms with Crippen molar-refractivity contribution in [1.29, 1.82) is 0 Å². The number of piperidine rings is 1. The van der Waals surface area contributed by atoms with Gasteiger partial charge in [-0.25, -0.2) is 0 Å². The Morgan fingerprint density at radius 1 is 1.24 bits per heavy atom. The van der Waals surface area contributed by atoms with Crippen LogP contribution in [-0.2, 0) is 11.3 Å². The van der Waals surface area contributed by atoms with Crippen LogP contribution in [0.4, 0.5) is 0 Å². The molecule has 4 rings (SSSR count). The predicted molar refractivity (Wildman–Crippen MR) is 90.5 cm³/mol. The zero-order valence-electron chi connectivity index (χ0n) is 14.1. The van der Waals surface area contributed by atoms with Crippen molar-refractivity contribution in [2.75, 3.05) is 20.2 Å². The standard InChI is InChI=1S/C19H20N2O4/c1-23-16-6-2-4-15-13-24-19(25-17(15)16)7-10-21(11-8-19)18(22)14-5-3-9-20-12-14/h2-6,9,12H,7-8,10-11,13H2,1H3. The SMILES string of the molecule is COc1cccc2c1OC1(CCN(C(=O)c3cccnc3)CC1)OC2. The smallest absolute Gasteiger partial charge is 0.255 e. The Bertz CT molecular complexity index is 756. The molecule has 1 amide bonds. The third-order valence-electron chi connectivity index (χ3n) is 4.78. The number of carbonyl (C=O) groups excluding carboxylic acids is 1. The minimum absolute atomic E-state index is 0.00302. The van der Waals surface area contributed by atoms with E-state index in [4.69, 9.17) is 14.2 Å². The second-order valence-electron chi connectivity index (χ2n) is 6.28. The van der Waals surface area contributed by atoms with E-state index in [-0.39, 0.29) is 5.91 Å². The Morgan fingerprint density at radius 3 is 2.80 bits per heavy atom. The largest absolute Gasteiger partial charge is 0.493 e. The first-order valence-electron chi connectivity index (χ1n) is 8.39. The van der Waals surface area contributed by atoms with Crippen LogP contribution >= 0.6 is 0 Å². The zero-order chi connectivity index (χ0) is 17.3. The number of hydrogen-bond acceptors (Lipinski definition) is 5. The number of pyridine rings is 1. The summed E-state index contributed by atoms with van der Waals surface area (Å²) in [5, 5.41) is 0. The molecular formula is C19H20N2O4. The molecule has 0 unspecified atom stereocenters. The van der Waals surface area contributed by atoms with Gasteiger partial charge in [0, 0.05) is 43.9 Å². The first-order chi connectivity index (χ1) is 12.2. The molecule has 1 aromatic heterocycles. The van der Waals surface area contributed by atoms with Gasteiger partial charge in [-0.2, -0.15) is 0 Å². The highest BCUT2D eigenvalue weighted by Gasteiger charge is 2.42. The molecule has 1 spiro atoms. The molecule has 0 aliphatic carbocycles. The van der Waals surface area contributed by atoms with Crippen molar-refractivity contribution in [2.45, 2.75) is 25.2 Å². The lowest BCUT2D eigenvalue weighted by molar-refractivity contribution is -0.226. The third-order valence-corrected chi connectivity index (χ3v) is 4.78. The van der Waals surface area contributed by atoms with Crippen LogP contribution in [0.1, 0.15) is 28.8 Å². The Labute approximate surface area is 146 Å². The third kappa shape index (κ3) is 2.93. The lowest BCUT2D eigenvalue weighted by Gasteiger charge is -2.44. The molecule has 6 heteroatoms. The molecule has 1 fully saturated rings. The molecule has 1 saturated heterocycles. The Balaban J connectivity index is 1.48. The molecule has 130 valence electrons. The van der Waals surface area contributed by atoms with Gasteiger partial charge in [0.05, 0.1) is 19.3 Å². The van der Waals surface area contributed by atoms with E-state index in [0.717, 1.165) is 11.3 Å². The molecule has 0 N–H and O–H groups in total. The average Bonchev–Trinajstić information content (AvgIpc) is 2.68. The molecule has 0 bridgehead atoms. The van der Waals surface area contributed by atoms with Gasteiger partial charge in [0.25, 0.3) is 5.91 Å². The molecule has 2 aliphatic heterocycles. The van der Waals surface area contributed by atoms with Crippen molar-refractivity contribution in [3.63, 3.8) is 0 Å². The molecule has 1 aromatic carbocycles. The highest BCUT2D eigenvalue weighted by molar-refractivity contribution is 5.93. The summed E-state index contributed by atoms with van der Waals surface area (Å²) in [7, 11) is 1.64. The van der Waals surface area contributed by atoms with Gasteiger partial charge in [-0.1, -0.05) is 12.1 Å². The van der Waals surface area contributed by atoms with Gasteiger partial charge < -0.3 is 19.1 Å². The summed E-state index contributed by atoms with van der Waals surface area (Å²) in [5.41, 5.74) is 1.59. The Kier molecular flexibility index (Phi) is 4.05. The highest BCUT2D eigenvalue weighted by atomic mass is 16.7. The minimum atomic E-state index is -0.687.